The number of carbonyl (C=O) groups excluding carboxylic acids is 3. The molecule has 0 aromatic heterocycles. The van der Waals surface area contributed by atoms with Gasteiger partial charge >= 0.3 is 5.97 Å². The summed E-state index contributed by atoms with van der Waals surface area (Å²) in [4.78, 5) is 35.5. The van der Waals surface area contributed by atoms with E-state index in [0.717, 1.165) is 63.3 Å². The first-order valence-corrected chi connectivity index (χ1v) is 29.6. The average molecular weight is 1350 g/mol. The van der Waals surface area contributed by atoms with Crippen LogP contribution in [0.5, 0.6) is 0 Å². The third-order valence-corrected chi connectivity index (χ3v) is 14.5. The van der Waals surface area contributed by atoms with Crippen molar-refractivity contribution in [2.45, 2.75) is 128 Å². The van der Waals surface area contributed by atoms with Gasteiger partial charge in [0.15, 0.2) is 10.3 Å². The van der Waals surface area contributed by atoms with Gasteiger partial charge in [0.2, 0.25) is 0 Å². The lowest BCUT2D eigenvalue weighted by Gasteiger charge is -2.22. The van der Waals surface area contributed by atoms with Gasteiger partial charge in [0.1, 0.15) is 6.61 Å². The van der Waals surface area contributed by atoms with Gasteiger partial charge in [-0.3, -0.25) is 15.0 Å². The number of ether oxygens (including phenoxy) is 2. The summed E-state index contributed by atoms with van der Waals surface area (Å²) >= 11 is 24.9. The van der Waals surface area contributed by atoms with Crippen LogP contribution < -0.4 is 33.6 Å². The highest BCUT2D eigenvalue weighted by molar-refractivity contribution is 9.11. The number of hydrogen-bond donors (Lipinski definition) is 8. The summed E-state index contributed by atoms with van der Waals surface area (Å²) in [7, 11) is 0. The Labute approximate surface area is 489 Å². The van der Waals surface area contributed by atoms with Crippen LogP contribution in [0.15, 0.2) is 68.0 Å². The van der Waals surface area contributed by atoms with Gasteiger partial charge in [0.05, 0.1) is 17.5 Å². The second-order valence-corrected chi connectivity index (χ2v) is 22.8. The summed E-state index contributed by atoms with van der Waals surface area (Å²) < 4.78 is 12.5. The lowest BCUT2D eigenvalue weighted by atomic mass is 9.89. The minimum Gasteiger partial charge on any atom is -0.457 e. The zero-order chi connectivity index (χ0) is 53.1. The number of nitrogens with two attached hydrogens (primary N) is 4. The summed E-state index contributed by atoms with van der Waals surface area (Å²) in [5.74, 6) is 2.30. The Balaban J connectivity index is 0.000000468. The minimum atomic E-state index is -0.215. The van der Waals surface area contributed by atoms with Gasteiger partial charge < -0.3 is 48.1 Å². The summed E-state index contributed by atoms with van der Waals surface area (Å²) in [5, 5.41) is 22.9. The van der Waals surface area contributed by atoms with Gasteiger partial charge in [0.25, 0.3) is 11.8 Å². The topological polar surface area (TPSA) is 242 Å². The number of thioether (sulfide) groups is 1. The first kappa shape index (κ1) is 69.0. The molecule has 0 spiro atoms. The summed E-state index contributed by atoms with van der Waals surface area (Å²) in [6.07, 6.45) is 22.2. The largest absolute Gasteiger partial charge is 0.457 e. The molecule has 21 heteroatoms. The molecule has 5 aliphatic rings. The van der Waals surface area contributed by atoms with Crippen molar-refractivity contribution in [2.75, 3.05) is 38.2 Å². The van der Waals surface area contributed by atoms with Crippen molar-refractivity contribution in [1.29, 1.82) is 5.41 Å². The molecule has 2 amide bonds. The number of benzene rings is 3. The molecule has 8 rings (SSSR count). The minimum absolute atomic E-state index is 0. The third kappa shape index (κ3) is 31.1. The third-order valence-electron chi connectivity index (χ3n) is 12.3. The number of carbonyl (C=O) groups is 3. The van der Waals surface area contributed by atoms with E-state index in [9.17, 15) is 19.5 Å². The molecule has 410 valence electrons. The summed E-state index contributed by atoms with van der Waals surface area (Å²) in [6, 6.07) is 16.5. The lowest BCUT2D eigenvalue weighted by molar-refractivity contribution is 0.0534. The molecule has 0 radical (unpaired) electrons. The van der Waals surface area contributed by atoms with Gasteiger partial charge in [-0.25, -0.2) is 4.79 Å². The van der Waals surface area contributed by atoms with Crippen LogP contribution in [0.3, 0.4) is 0 Å². The maximum absolute atomic E-state index is 12.4. The van der Waals surface area contributed by atoms with Crippen LogP contribution >= 0.6 is 112 Å². The maximum atomic E-state index is 12.4. The number of rotatable bonds is 10. The van der Waals surface area contributed by atoms with E-state index >= 15 is 0 Å². The second kappa shape index (κ2) is 42.0. The number of amides is 2. The SMILES string of the molecule is Br.C1CCOC1.ClCCl.N=C(N)SCc1cc(Br)ccc1C(=O)NCC1CCCCC1.NC(N)=S.NCC1CCCCC1.O=C(NCC1CCCCC1)c1ccc(Br)cc1CO.O=C1OCc2cc(Br)ccc21. The number of halogens is 6. The number of esters is 1. The number of hydrogen-bond acceptors (Lipinski definition) is 10. The van der Waals surface area contributed by atoms with Gasteiger partial charge in [-0.2, -0.15) is 0 Å². The molecule has 0 atom stereocenters. The molecule has 2 heterocycles. The van der Waals surface area contributed by atoms with Crippen LogP contribution in [0.25, 0.3) is 0 Å². The zero-order valence-corrected chi connectivity index (χ0v) is 51.3. The lowest BCUT2D eigenvalue weighted by Crippen LogP contribution is -2.30. The molecule has 3 saturated carbocycles. The molecular formula is C52H77Br4Cl2N7O6S2. The Bertz CT molecular complexity index is 2070. The number of alkyl halides is 2. The van der Waals surface area contributed by atoms with Crippen LogP contribution in [0.4, 0.5) is 0 Å². The van der Waals surface area contributed by atoms with Crippen molar-refractivity contribution in [3.8, 4) is 0 Å². The highest BCUT2D eigenvalue weighted by atomic mass is 79.9. The Morgan fingerprint density at radius 1 is 0.699 bits per heavy atom. The van der Waals surface area contributed by atoms with E-state index in [1.165, 1.54) is 121 Å². The van der Waals surface area contributed by atoms with Crippen molar-refractivity contribution in [2.24, 2.45) is 40.7 Å². The van der Waals surface area contributed by atoms with Crippen molar-refractivity contribution >= 4 is 140 Å². The standard InChI is InChI=1S/C16H22BrN3OS.C15H20BrNO2.C8H5BrO2.C7H15N.C4H8O.CH2Cl2.CH4N2S.BrH/c17-13-6-7-14(12(8-13)10-22-16(18)19)15(21)20-9-11-4-2-1-3-5-11;16-13-6-7-14(12(8-13)10-18)15(19)17-9-11-4-2-1-3-5-11;9-6-1-2-7-5(3-6)4-11-8(7)10;8-6-7-4-2-1-3-5-7;1-2-4-5-3-1;2-1-3;2-1(3)4;/h6-8,11H,1-5,9-10H2,(H3,18,19)(H,20,21);6-8,11,18H,1-5,9-10H2,(H,17,19);1-3H,4H2;7H,1-6,8H2;1-4H2;1H2;(H4,2,3,4);1H. The predicted octanol–water partition coefficient (Wildman–Crippen LogP) is 12.8. The van der Waals surface area contributed by atoms with Gasteiger partial charge in [-0.15, -0.1) is 40.2 Å². The smallest absolute Gasteiger partial charge is 0.338 e. The Morgan fingerprint density at radius 2 is 1.11 bits per heavy atom. The van der Waals surface area contributed by atoms with Gasteiger partial charge in [-0.05, 0) is 154 Å². The number of thiocarbonyl (C=S) groups is 1. The Kier molecular flexibility index (Phi) is 39.7. The van der Waals surface area contributed by atoms with Crippen molar-refractivity contribution < 1.29 is 29.0 Å². The monoisotopic (exact) mass is 1350 g/mol. The number of cyclic esters (lactones) is 1. The summed E-state index contributed by atoms with van der Waals surface area (Å²) in [5.41, 5.74) is 24.6. The molecule has 4 fully saturated rings. The number of aliphatic hydroxyl groups is 1. The quantitative estimate of drug-likeness (QED) is 0.0311. The van der Waals surface area contributed by atoms with E-state index in [-0.39, 0.29) is 57.0 Å². The van der Waals surface area contributed by atoms with Gasteiger partial charge in [-0.1, -0.05) is 117 Å². The van der Waals surface area contributed by atoms with Crippen molar-refractivity contribution in [3.05, 3.63) is 101 Å². The van der Waals surface area contributed by atoms with Crippen LogP contribution in [0.2, 0.25) is 0 Å². The van der Waals surface area contributed by atoms with Crippen LogP contribution in [0, 0.1) is 23.2 Å². The molecule has 12 N–H and O–H groups in total. The van der Waals surface area contributed by atoms with Crippen molar-refractivity contribution in [1.82, 2.24) is 10.6 Å². The Hall–Kier alpha value is -2.04. The average Bonchev–Trinajstić information content (AvgIpc) is 4.10. The molecule has 1 saturated heterocycles. The van der Waals surface area contributed by atoms with Crippen LogP contribution in [-0.2, 0) is 28.4 Å². The highest BCUT2D eigenvalue weighted by Crippen LogP contribution is 2.27. The summed E-state index contributed by atoms with van der Waals surface area (Å²) in [6.45, 7) is 4.72. The molecule has 0 unspecified atom stereocenters. The van der Waals surface area contributed by atoms with E-state index in [4.69, 9.17) is 49.6 Å². The first-order chi connectivity index (χ1) is 34.6. The number of aliphatic hydroxyl groups excluding tert-OH is 1. The van der Waals surface area contributed by atoms with E-state index in [0.29, 0.717) is 46.4 Å². The molecule has 13 nitrogen and oxygen atoms in total. The number of fused-ring (bicyclic) bond motifs is 1. The molecule has 3 aliphatic carbocycles. The normalized spacial score (nSPS) is 15.9. The van der Waals surface area contributed by atoms with E-state index in [1.54, 1.807) is 18.2 Å². The first-order valence-electron chi connectivity index (χ1n) is 24.7. The molecule has 3 aromatic carbocycles. The second-order valence-electron chi connectivity index (χ2n) is 17.8. The molecule has 3 aromatic rings. The van der Waals surface area contributed by atoms with E-state index in [2.05, 4.69) is 82.1 Å². The number of amidine groups is 1. The fourth-order valence-corrected chi connectivity index (χ4v) is 10.2. The fourth-order valence-electron chi connectivity index (χ4n) is 8.46. The number of nitrogens with one attached hydrogen (secondary N) is 3. The van der Waals surface area contributed by atoms with E-state index in [1.807, 2.05) is 36.4 Å². The zero-order valence-electron chi connectivity index (χ0n) is 41.7. The van der Waals surface area contributed by atoms with Gasteiger partial charge in [0, 0.05) is 62.2 Å². The highest BCUT2D eigenvalue weighted by Gasteiger charge is 2.21. The maximum Gasteiger partial charge on any atom is 0.338 e. The Morgan fingerprint density at radius 3 is 1.51 bits per heavy atom. The molecule has 73 heavy (non-hydrogen) atoms. The molecule has 0 bridgehead atoms. The molecule has 2 aliphatic heterocycles. The van der Waals surface area contributed by atoms with Crippen LogP contribution in [-0.4, -0.2) is 71.4 Å². The predicted molar refractivity (Wildman–Crippen MR) is 322 cm³/mol. The van der Waals surface area contributed by atoms with Crippen molar-refractivity contribution in [3.63, 3.8) is 0 Å². The fraction of sp³-hybridized carbons (Fsp3) is 0.558. The van der Waals surface area contributed by atoms with E-state index < -0.39 is 0 Å². The molecular weight excluding hydrogens is 1270 g/mol. The van der Waals surface area contributed by atoms with Crippen LogP contribution in [0.1, 0.15) is 157 Å².